The number of carbonyl (C=O) groups excluding carboxylic acids is 3. The number of hydrogen-bond donors (Lipinski definition) is 0. The number of rotatable bonds is 9. The van der Waals surface area contributed by atoms with Crippen LogP contribution in [-0.2, 0) is 33.3 Å². The predicted octanol–water partition coefficient (Wildman–Crippen LogP) is 4.37. The second kappa shape index (κ2) is 9.50. The van der Waals surface area contributed by atoms with Gasteiger partial charge in [0.2, 0.25) is 5.78 Å². The molecule has 30 heavy (non-hydrogen) atoms. The van der Waals surface area contributed by atoms with Crippen LogP contribution in [0.2, 0.25) is 0 Å². The summed E-state index contributed by atoms with van der Waals surface area (Å²) < 4.78 is 22.0. The van der Waals surface area contributed by atoms with Crippen molar-refractivity contribution in [2.24, 2.45) is 5.92 Å². The lowest BCUT2D eigenvalue weighted by Gasteiger charge is -2.34. The van der Waals surface area contributed by atoms with E-state index in [-0.39, 0.29) is 11.5 Å². The number of Topliss-reactive ketones (excluding diaryl/α,β-unsaturated/α-hetero) is 1. The Morgan fingerprint density at radius 3 is 1.60 bits per heavy atom. The smallest absolute Gasteiger partial charge is 0.373 e. The fourth-order valence-electron chi connectivity index (χ4n) is 2.53. The van der Waals surface area contributed by atoms with Crippen molar-refractivity contribution in [3.8, 4) is 0 Å². The van der Waals surface area contributed by atoms with Crippen molar-refractivity contribution < 1.29 is 33.3 Å². The highest BCUT2D eigenvalue weighted by molar-refractivity contribution is 5.92. The first kappa shape index (κ1) is 28.1. The molecule has 0 heterocycles. The zero-order chi connectivity index (χ0) is 24.3. The Hall–Kier alpha value is -1.89. The highest BCUT2D eigenvalue weighted by Gasteiger charge is 2.41. The summed E-state index contributed by atoms with van der Waals surface area (Å²) in [5.74, 6) is -2.76. The van der Waals surface area contributed by atoms with E-state index in [9.17, 15) is 14.4 Å². The number of ketones is 1. The van der Waals surface area contributed by atoms with Gasteiger partial charge in [-0.2, -0.15) is 0 Å². The van der Waals surface area contributed by atoms with Gasteiger partial charge in [0.1, 0.15) is 17.3 Å². The van der Waals surface area contributed by atoms with Gasteiger partial charge in [0.15, 0.2) is 11.4 Å². The van der Waals surface area contributed by atoms with Gasteiger partial charge in [0.05, 0.1) is 11.5 Å². The van der Waals surface area contributed by atoms with Gasteiger partial charge in [-0.05, 0) is 89.7 Å². The first-order valence-electron chi connectivity index (χ1n) is 10.2. The molecule has 0 aliphatic carbocycles. The second-order valence-corrected chi connectivity index (χ2v) is 10.5. The maximum absolute atomic E-state index is 12.7. The minimum Gasteiger partial charge on any atom is -0.473 e. The molecule has 174 valence electrons. The van der Waals surface area contributed by atoms with Gasteiger partial charge in [0.25, 0.3) is 0 Å². The molecule has 0 radical (unpaired) electrons. The first-order valence-corrected chi connectivity index (χ1v) is 10.2. The topological polar surface area (TPSA) is 88.1 Å². The largest absolute Gasteiger partial charge is 0.473 e. The molecule has 0 aliphatic heterocycles. The van der Waals surface area contributed by atoms with Gasteiger partial charge < -0.3 is 18.9 Å². The SMILES string of the molecule is C=C(OC(C)(C)C(=O)C(C)OC(C)(C)C)C(=O)OC(C)(C)C(C)C(=O)OC(C)(C)C. The molecule has 0 spiro atoms. The second-order valence-electron chi connectivity index (χ2n) is 10.5. The van der Waals surface area contributed by atoms with Crippen LogP contribution >= 0.6 is 0 Å². The monoisotopic (exact) mass is 428 g/mol. The summed E-state index contributed by atoms with van der Waals surface area (Å²) in [6.45, 7) is 23.9. The number of carbonyl (C=O) groups is 3. The molecule has 0 aromatic heterocycles. The van der Waals surface area contributed by atoms with E-state index < -0.39 is 46.4 Å². The summed E-state index contributed by atoms with van der Waals surface area (Å²) in [5.41, 5.74) is -3.71. The Morgan fingerprint density at radius 2 is 1.20 bits per heavy atom. The average molecular weight is 429 g/mol. The van der Waals surface area contributed by atoms with Gasteiger partial charge in [-0.15, -0.1) is 0 Å². The van der Waals surface area contributed by atoms with Gasteiger partial charge in [-0.3, -0.25) is 9.59 Å². The lowest BCUT2D eigenvalue weighted by molar-refractivity contribution is -0.178. The van der Waals surface area contributed by atoms with Crippen molar-refractivity contribution in [1.82, 2.24) is 0 Å². The molecule has 0 amide bonds. The fourth-order valence-corrected chi connectivity index (χ4v) is 2.53. The summed E-state index contributed by atoms with van der Waals surface area (Å²) in [5, 5.41) is 0. The highest BCUT2D eigenvalue weighted by Crippen LogP contribution is 2.27. The summed E-state index contributed by atoms with van der Waals surface area (Å²) in [4.78, 5) is 37.6. The molecule has 2 atom stereocenters. The molecule has 0 rings (SSSR count). The molecule has 0 aromatic rings. The molecular formula is C23H40O7. The van der Waals surface area contributed by atoms with Gasteiger partial charge in [-0.25, -0.2) is 4.79 Å². The minimum atomic E-state index is -1.36. The molecule has 0 N–H and O–H groups in total. The summed E-state index contributed by atoms with van der Waals surface area (Å²) in [6, 6.07) is 0. The van der Waals surface area contributed by atoms with E-state index in [0.29, 0.717) is 0 Å². The summed E-state index contributed by atoms with van der Waals surface area (Å²) in [7, 11) is 0. The molecule has 2 unspecified atom stereocenters. The zero-order valence-corrected chi connectivity index (χ0v) is 20.7. The van der Waals surface area contributed by atoms with Crippen molar-refractivity contribution in [1.29, 1.82) is 0 Å². The van der Waals surface area contributed by atoms with Crippen LogP contribution in [-0.4, -0.2) is 46.2 Å². The molecule has 0 saturated carbocycles. The van der Waals surface area contributed by atoms with Crippen molar-refractivity contribution in [2.75, 3.05) is 0 Å². The Kier molecular flexibility index (Phi) is 8.90. The van der Waals surface area contributed by atoms with Crippen LogP contribution in [0.5, 0.6) is 0 Å². The third-order valence-electron chi connectivity index (χ3n) is 4.26. The predicted molar refractivity (Wildman–Crippen MR) is 115 cm³/mol. The van der Waals surface area contributed by atoms with E-state index in [1.807, 2.05) is 20.8 Å². The molecule has 0 saturated heterocycles. The van der Waals surface area contributed by atoms with Crippen LogP contribution in [0.15, 0.2) is 12.3 Å². The fraction of sp³-hybridized carbons (Fsp3) is 0.783. The molecule has 7 heteroatoms. The molecule has 7 nitrogen and oxygen atoms in total. The van der Waals surface area contributed by atoms with Crippen LogP contribution in [0, 0.1) is 5.92 Å². The molecule has 0 bridgehead atoms. The van der Waals surface area contributed by atoms with Crippen LogP contribution in [0.4, 0.5) is 0 Å². The van der Waals surface area contributed by atoms with E-state index in [0.717, 1.165) is 0 Å². The third-order valence-corrected chi connectivity index (χ3v) is 4.26. The normalized spacial score (nSPS) is 15.1. The molecular weight excluding hydrogens is 388 g/mol. The Morgan fingerprint density at radius 1 is 0.733 bits per heavy atom. The minimum absolute atomic E-state index is 0.333. The van der Waals surface area contributed by atoms with Crippen LogP contribution in [0.1, 0.15) is 83.1 Å². The Labute approximate surface area is 181 Å². The Bertz CT molecular complexity index is 660. The van der Waals surface area contributed by atoms with E-state index in [1.165, 1.54) is 13.8 Å². The van der Waals surface area contributed by atoms with Gasteiger partial charge in [-0.1, -0.05) is 0 Å². The van der Waals surface area contributed by atoms with Crippen LogP contribution in [0.25, 0.3) is 0 Å². The number of esters is 2. The van der Waals surface area contributed by atoms with Crippen molar-refractivity contribution in [3.05, 3.63) is 12.3 Å². The molecule has 0 fully saturated rings. The van der Waals surface area contributed by atoms with E-state index >= 15 is 0 Å². The Balaban J connectivity index is 5.14. The van der Waals surface area contributed by atoms with Crippen LogP contribution < -0.4 is 0 Å². The van der Waals surface area contributed by atoms with E-state index in [2.05, 4.69) is 6.58 Å². The highest BCUT2D eigenvalue weighted by atomic mass is 16.6. The van der Waals surface area contributed by atoms with Gasteiger partial charge >= 0.3 is 11.9 Å². The lowest BCUT2D eigenvalue weighted by Crippen LogP contribution is -2.46. The van der Waals surface area contributed by atoms with Crippen molar-refractivity contribution in [3.63, 3.8) is 0 Å². The number of ether oxygens (including phenoxy) is 4. The molecule has 0 aromatic carbocycles. The first-order chi connectivity index (χ1) is 13.1. The zero-order valence-electron chi connectivity index (χ0n) is 20.7. The maximum atomic E-state index is 12.7. The van der Waals surface area contributed by atoms with Crippen molar-refractivity contribution >= 4 is 17.7 Å². The van der Waals surface area contributed by atoms with Crippen LogP contribution in [0.3, 0.4) is 0 Å². The average Bonchev–Trinajstić information content (AvgIpc) is 2.48. The number of hydrogen-bond acceptors (Lipinski definition) is 7. The van der Waals surface area contributed by atoms with Crippen molar-refractivity contribution in [2.45, 2.75) is 112 Å². The molecule has 0 aliphatic rings. The van der Waals surface area contributed by atoms with Gasteiger partial charge in [0, 0.05) is 0 Å². The van der Waals surface area contributed by atoms with E-state index in [1.54, 1.807) is 48.5 Å². The summed E-state index contributed by atoms with van der Waals surface area (Å²) >= 11 is 0. The third kappa shape index (κ3) is 9.28. The standard InChI is InChI=1S/C23H40O7/c1-14(18(25)29-21(7,8)9)22(10,11)30-19(26)16(3)28-23(12,13)17(24)15(2)27-20(4,5)6/h14-15H,3H2,1-2,4-13H3. The summed E-state index contributed by atoms with van der Waals surface area (Å²) in [6.07, 6.45) is -0.743. The lowest BCUT2D eigenvalue weighted by atomic mass is 9.92. The van der Waals surface area contributed by atoms with E-state index in [4.69, 9.17) is 18.9 Å². The maximum Gasteiger partial charge on any atom is 0.373 e. The quantitative estimate of drug-likeness (QED) is 0.306.